The summed E-state index contributed by atoms with van der Waals surface area (Å²) >= 11 is 3.41. The van der Waals surface area contributed by atoms with Crippen LogP contribution in [0.15, 0.2) is 41.1 Å². The molecule has 2 rings (SSSR count). The number of benzene rings is 1. The minimum atomic E-state index is 0.0435. The molecule has 98 valence electrons. The van der Waals surface area contributed by atoms with Gasteiger partial charge in [-0.25, -0.2) is 0 Å². The van der Waals surface area contributed by atoms with Crippen molar-refractivity contribution < 1.29 is 9.53 Å². The molecule has 0 N–H and O–H groups in total. The molecule has 0 fully saturated rings. The maximum absolute atomic E-state index is 12.3. The van der Waals surface area contributed by atoms with E-state index in [1.54, 1.807) is 19.5 Å². The molecule has 0 amide bonds. The number of rotatable bonds is 4. The van der Waals surface area contributed by atoms with Crippen LogP contribution in [-0.2, 0) is 6.42 Å². The van der Waals surface area contributed by atoms with Crippen LogP contribution in [0.1, 0.15) is 21.5 Å². The summed E-state index contributed by atoms with van der Waals surface area (Å²) in [5, 5.41) is 0. The summed E-state index contributed by atoms with van der Waals surface area (Å²) in [5.74, 6) is 0.764. The average Bonchev–Trinajstić information content (AvgIpc) is 2.39. The third-order valence-electron chi connectivity index (χ3n) is 2.93. The molecule has 3 nitrogen and oxygen atoms in total. The number of aromatic nitrogens is 1. The van der Waals surface area contributed by atoms with E-state index < -0.39 is 0 Å². The molecule has 1 heterocycles. The van der Waals surface area contributed by atoms with Crippen molar-refractivity contribution >= 4 is 21.7 Å². The van der Waals surface area contributed by atoms with Crippen LogP contribution in [0.3, 0.4) is 0 Å². The first-order valence-electron chi connectivity index (χ1n) is 5.88. The highest BCUT2D eigenvalue weighted by atomic mass is 79.9. The van der Waals surface area contributed by atoms with E-state index in [2.05, 4.69) is 20.9 Å². The van der Waals surface area contributed by atoms with Crippen molar-refractivity contribution in [3.8, 4) is 5.75 Å². The van der Waals surface area contributed by atoms with Gasteiger partial charge in [0.25, 0.3) is 0 Å². The minimum Gasteiger partial charge on any atom is -0.496 e. The van der Waals surface area contributed by atoms with Crippen molar-refractivity contribution in [2.24, 2.45) is 0 Å². The van der Waals surface area contributed by atoms with Crippen molar-refractivity contribution in [3.63, 3.8) is 0 Å². The first-order valence-corrected chi connectivity index (χ1v) is 6.67. The van der Waals surface area contributed by atoms with Crippen molar-refractivity contribution in [2.75, 3.05) is 7.11 Å². The number of carbonyl (C=O) groups is 1. The largest absolute Gasteiger partial charge is 0.496 e. The zero-order valence-corrected chi connectivity index (χ0v) is 12.4. The highest BCUT2D eigenvalue weighted by Gasteiger charge is 2.13. The zero-order valence-electron chi connectivity index (χ0n) is 10.8. The summed E-state index contributed by atoms with van der Waals surface area (Å²) < 4.78 is 6.21. The molecule has 1 aromatic carbocycles. The lowest BCUT2D eigenvalue weighted by atomic mass is 10.0. The summed E-state index contributed by atoms with van der Waals surface area (Å²) in [5.41, 5.74) is 2.46. The van der Waals surface area contributed by atoms with E-state index in [4.69, 9.17) is 4.74 Å². The van der Waals surface area contributed by atoms with Crippen LogP contribution in [0.25, 0.3) is 0 Å². The Bertz CT molecular complexity index is 611. The summed E-state index contributed by atoms with van der Waals surface area (Å²) in [6, 6.07) is 7.48. The standard InChI is InChI=1S/C15H14BrNO2/c1-10-5-6-17-9-13(10)14(18)8-11-7-12(16)3-4-15(11)19-2/h3-7,9H,8H2,1-2H3. The molecule has 0 bridgehead atoms. The minimum absolute atomic E-state index is 0.0435. The number of ether oxygens (including phenoxy) is 1. The van der Waals surface area contributed by atoms with Crippen LogP contribution >= 0.6 is 15.9 Å². The number of carbonyl (C=O) groups excluding carboxylic acids is 1. The maximum atomic E-state index is 12.3. The topological polar surface area (TPSA) is 39.2 Å². The van der Waals surface area contributed by atoms with E-state index in [9.17, 15) is 4.79 Å². The van der Waals surface area contributed by atoms with E-state index >= 15 is 0 Å². The molecular formula is C15H14BrNO2. The van der Waals surface area contributed by atoms with Gasteiger partial charge in [0.05, 0.1) is 7.11 Å². The fourth-order valence-corrected chi connectivity index (χ4v) is 2.32. The molecule has 0 atom stereocenters. The Balaban J connectivity index is 2.29. The molecule has 1 aromatic heterocycles. The lowest BCUT2D eigenvalue weighted by Crippen LogP contribution is -2.07. The summed E-state index contributed by atoms with van der Waals surface area (Å²) in [4.78, 5) is 16.3. The van der Waals surface area contributed by atoms with E-state index in [0.717, 1.165) is 21.3 Å². The van der Waals surface area contributed by atoms with Gasteiger partial charge in [-0.2, -0.15) is 0 Å². The highest BCUT2D eigenvalue weighted by Crippen LogP contribution is 2.24. The molecule has 4 heteroatoms. The third kappa shape index (κ3) is 3.20. The smallest absolute Gasteiger partial charge is 0.169 e. The number of nitrogens with zero attached hydrogens (tertiary/aromatic N) is 1. The SMILES string of the molecule is COc1ccc(Br)cc1CC(=O)c1cnccc1C. The molecule has 0 aliphatic heterocycles. The van der Waals surface area contributed by atoms with Crippen molar-refractivity contribution in [1.82, 2.24) is 4.98 Å². The van der Waals surface area contributed by atoms with Crippen LogP contribution in [0.2, 0.25) is 0 Å². The molecular weight excluding hydrogens is 306 g/mol. The second-order valence-electron chi connectivity index (χ2n) is 4.25. The van der Waals surface area contributed by atoms with Crippen LogP contribution in [0.4, 0.5) is 0 Å². The number of ketones is 1. The first kappa shape index (κ1) is 13.7. The third-order valence-corrected chi connectivity index (χ3v) is 3.43. The van der Waals surface area contributed by atoms with E-state index in [0.29, 0.717) is 12.0 Å². The Morgan fingerprint density at radius 3 is 2.84 bits per heavy atom. The molecule has 0 saturated carbocycles. The summed E-state index contributed by atoms with van der Waals surface area (Å²) in [6.07, 6.45) is 3.60. The Morgan fingerprint density at radius 1 is 1.37 bits per heavy atom. The van der Waals surface area contributed by atoms with Gasteiger partial charge in [-0.3, -0.25) is 9.78 Å². The van der Waals surface area contributed by atoms with Gasteiger partial charge in [0.2, 0.25) is 0 Å². The molecule has 0 spiro atoms. The Morgan fingerprint density at radius 2 is 2.16 bits per heavy atom. The molecule has 19 heavy (non-hydrogen) atoms. The highest BCUT2D eigenvalue weighted by molar-refractivity contribution is 9.10. The number of halogens is 1. The van der Waals surface area contributed by atoms with Crippen molar-refractivity contribution in [1.29, 1.82) is 0 Å². The molecule has 0 unspecified atom stereocenters. The van der Waals surface area contributed by atoms with Gasteiger partial charge in [-0.1, -0.05) is 15.9 Å². The Labute approximate surface area is 120 Å². The number of Topliss-reactive ketones (excluding diaryl/α,β-unsaturated/α-hetero) is 1. The maximum Gasteiger partial charge on any atom is 0.169 e. The fraction of sp³-hybridized carbons (Fsp3) is 0.200. The molecule has 0 saturated heterocycles. The van der Waals surface area contributed by atoms with E-state index in [1.807, 2.05) is 31.2 Å². The fourth-order valence-electron chi connectivity index (χ4n) is 1.91. The Kier molecular flexibility index (Phi) is 4.32. The van der Waals surface area contributed by atoms with E-state index in [-0.39, 0.29) is 5.78 Å². The van der Waals surface area contributed by atoms with Crippen LogP contribution in [0.5, 0.6) is 5.75 Å². The van der Waals surface area contributed by atoms with Gasteiger partial charge >= 0.3 is 0 Å². The number of aryl methyl sites for hydroxylation is 1. The monoisotopic (exact) mass is 319 g/mol. The van der Waals surface area contributed by atoms with Gasteiger partial charge in [0, 0.05) is 34.4 Å². The number of pyridine rings is 1. The normalized spacial score (nSPS) is 10.3. The quantitative estimate of drug-likeness (QED) is 0.808. The molecule has 0 aliphatic rings. The number of hydrogen-bond acceptors (Lipinski definition) is 3. The van der Waals surface area contributed by atoms with Gasteiger partial charge < -0.3 is 4.74 Å². The Hall–Kier alpha value is -1.68. The molecule has 2 aromatic rings. The van der Waals surface area contributed by atoms with Crippen molar-refractivity contribution in [3.05, 3.63) is 57.8 Å². The lowest BCUT2D eigenvalue weighted by Gasteiger charge is -2.09. The van der Waals surface area contributed by atoms with Crippen molar-refractivity contribution in [2.45, 2.75) is 13.3 Å². The summed E-state index contributed by atoms with van der Waals surface area (Å²) in [6.45, 7) is 1.91. The first-order chi connectivity index (χ1) is 9.11. The van der Waals surface area contributed by atoms with Gasteiger partial charge in [-0.05, 0) is 36.8 Å². The zero-order chi connectivity index (χ0) is 13.8. The van der Waals surface area contributed by atoms with Gasteiger partial charge in [-0.15, -0.1) is 0 Å². The second kappa shape index (κ2) is 5.97. The molecule has 0 radical (unpaired) electrons. The van der Waals surface area contributed by atoms with Crippen LogP contribution in [-0.4, -0.2) is 17.9 Å². The van der Waals surface area contributed by atoms with Crippen LogP contribution in [0, 0.1) is 6.92 Å². The van der Waals surface area contributed by atoms with Crippen LogP contribution < -0.4 is 4.74 Å². The van der Waals surface area contributed by atoms with Gasteiger partial charge in [0.15, 0.2) is 5.78 Å². The predicted molar refractivity (Wildman–Crippen MR) is 77.7 cm³/mol. The number of hydrogen-bond donors (Lipinski definition) is 0. The second-order valence-corrected chi connectivity index (χ2v) is 5.16. The van der Waals surface area contributed by atoms with E-state index in [1.165, 1.54) is 0 Å². The van der Waals surface area contributed by atoms with Gasteiger partial charge in [0.1, 0.15) is 5.75 Å². The lowest BCUT2D eigenvalue weighted by molar-refractivity contribution is 0.0991. The predicted octanol–water partition coefficient (Wildman–Crippen LogP) is 3.59. The average molecular weight is 320 g/mol. The molecule has 0 aliphatic carbocycles. The number of methoxy groups -OCH3 is 1. The summed E-state index contributed by atoms with van der Waals surface area (Å²) in [7, 11) is 1.60.